The Morgan fingerprint density at radius 3 is 1.65 bits per heavy atom. The van der Waals surface area contributed by atoms with Crippen LogP contribution in [-0.4, -0.2) is 76.7 Å². The molecule has 13 heteroatoms. The quantitative estimate of drug-likeness (QED) is 0.105. The molecule has 2 aromatic rings. The molecule has 0 aliphatic rings. The fourth-order valence-corrected chi connectivity index (χ4v) is 5.64. The number of aliphatic carboxylic acids is 1. The summed E-state index contributed by atoms with van der Waals surface area (Å²) in [5.74, 6) is -3.68. The van der Waals surface area contributed by atoms with E-state index in [0.717, 1.165) is 11.1 Å². The smallest absolute Gasteiger partial charge is 0.408 e. The predicted molar refractivity (Wildman–Crippen MR) is 206 cm³/mol. The Morgan fingerprint density at radius 1 is 0.648 bits per heavy atom. The van der Waals surface area contributed by atoms with Gasteiger partial charge in [-0.3, -0.25) is 14.4 Å². The van der Waals surface area contributed by atoms with Gasteiger partial charge in [0.05, 0.1) is 6.04 Å². The number of amides is 4. The van der Waals surface area contributed by atoms with Gasteiger partial charge < -0.3 is 35.8 Å². The Morgan fingerprint density at radius 2 is 1.15 bits per heavy atom. The first kappa shape index (κ1) is 45.2. The molecule has 0 heterocycles. The molecular formula is C41H60N4O9. The van der Waals surface area contributed by atoms with Crippen molar-refractivity contribution in [3.05, 3.63) is 71.8 Å². The number of carbonyl (C=O) groups excluding carboxylic acids is 5. The van der Waals surface area contributed by atoms with Gasteiger partial charge in [-0.2, -0.15) is 0 Å². The summed E-state index contributed by atoms with van der Waals surface area (Å²) < 4.78 is 10.6. The summed E-state index contributed by atoms with van der Waals surface area (Å²) >= 11 is 0. The fourth-order valence-electron chi connectivity index (χ4n) is 5.64. The van der Waals surface area contributed by atoms with Gasteiger partial charge in [-0.1, -0.05) is 74.5 Å². The predicted octanol–water partition coefficient (Wildman–Crippen LogP) is 5.74. The van der Waals surface area contributed by atoms with Crippen LogP contribution in [0.3, 0.4) is 0 Å². The maximum atomic E-state index is 14.1. The molecule has 0 saturated carbocycles. The highest BCUT2D eigenvalue weighted by atomic mass is 16.6. The van der Waals surface area contributed by atoms with E-state index in [1.807, 2.05) is 74.5 Å². The van der Waals surface area contributed by atoms with Crippen LogP contribution in [0.4, 0.5) is 9.59 Å². The normalized spacial score (nSPS) is 13.8. The molecule has 5 N–H and O–H groups in total. The van der Waals surface area contributed by atoms with Crippen molar-refractivity contribution in [3.8, 4) is 0 Å². The van der Waals surface area contributed by atoms with E-state index in [1.54, 1.807) is 41.5 Å². The van der Waals surface area contributed by atoms with Gasteiger partial charge in [0, 0.05) is 25.3 Å². The second-order valence-electron chi connectivity index (χ2n) is 16.0. The van der Waals surface area contributed by atoms with Crippen LogP contribution < -0.4 is 21.3 Å². The van der Waals surface area contributed by atoms with Crippen molar-refractivity contribution in [2.75, 3.05) is 6.54 Å². The van der Waals surface area contributed by atoms with E-state index in [-0.39, 0.29) is 38.1 Å². The van der Waals surface area contributed by atoms with Crippen molar-refractivity contribution in [2.45, 2.75) is 130 Å². The summed E-state index contributed by atoms with van der Waals surface area (Å²) in [4.78, 5) is 78.5. The van der Waals surface area contributed by atoms with Crippen LogP contribution in [0.5, 0.6) is 0 Å². The van der Waals surface area contributed by atoms with Gasteiger partial charge in [0.2, 0.25) is 11.8 Å². The molecule has 0 fully saturated rings. The Balaban J connectivity index is 2.23. The maximum absolute atomic E-state index is 14.1. The third-order valence-electron chi connectivity index (χ3n) is 8.05. The van der Waals surface area contributed by atoms with Crippen LogP contribution in [0.15, 0.2) is 60.7 Å². The molecular weight excluding hydrogens is 692 g/mol. The molecule has 0 aliphatic heterocycles. The number of alkyl carbamates (subject to hydrolysis) is 2. The fraction of sp³-hybridized carbons (Fsp3) is 0.561. The highest BCUT2D eigenvalue weighted by Gasteiger charge is 2.33. The topological polar surface area (TPSA) is 189 Å². The number of benzene rings is 2. The lowest BCUT2D eigenvalue weighted by Gasteiger charge is -2.27. The van der Waals surface area contributed by atoms with Crippen LogP contribution in [-0.2, 0) is 41.5 Å². The average Bonchev–Trinajstić information content (AvgIpc) is 3.05. The monoisotopic (exact) mass is 752 g/mol. The number of ether oxygens (including phenoxy) is 2. The number of ketones is 1. The lowest BCUT2D eigenvalue weighted by Crippen LogP contribution is -2.54. The summed E-state index contributed by atoms with van der Waals surface area (Å²) in [6.45, 7) is 14.5. The maximum Gasteiger partial charge on any atom is 0.408 e. The standard InChI is InChI=1S/C41H60N4O9/c1-27(2)23-30(35(47)43-31(37(49)50)21-15-16-22-42-38(51)53-40(3,4)5)26-34(46)32(24-28-17-11-9-12-18-28)44-36(48)33(25-29-19-13-10-14-20-29)45-39(52)54-41(6,7)8/h9-14,17-20,27,30-33H,15-16,21-26H2,1-8H3,(H,42,51)(H,43,47)(H,44,48)(H,45,52)(H,49,50)/t30-,31+,32+,33+/m0/s1. The Kier molecular flexibility index (Phi) is 18.2. The van der Waals surface area contributed by atoms with Crippen LogP contribution in [0, 0.1) is 11.8 Å². The van der Waals surface area contributed by atoms with E-state index < -0.39 is 71.0 Å². The van der Waals surface area contributed by atoms with Crippen molar-refractivity contribution in [1.29, 1.82) is 0 Å². The van der Waals surface area contributed by atoms with Gasteiger partial charge in [0.15, 0.2) is 5.78 Å². The molecule has 0 aromatic heterocycles. The van der Waals surface area contributed by atoms with Crippen molar-refractivity contribution in [1.82, 2.24) is 21.3 Å². The molecule has 0 saturated heterocycles. The number of rotatable bonds is 20. The average molecular weight is 753 g/mol. The Bertz CT molecular complexity index is 1520. The number of nitrogens with one attached hydrogen (secondary N) is 4. The minimum atomic E-state index is -1.21. The molecule has 54 heavy (non-hydrogen) atoms. The Labute approximate surface area is 319 Å². The number of carboxylic acid groups (broad SMARTS) is 1. The summed E-state index contributed by atoms with van der Waals surface area (Å²) in [6, 6.07) is 14.9. The first-order valence-electron chi connectivity index (χ1n) is 18.6. The molecule has 0 bridgehead atoms. The van der Waals surface area contributed by atoms with Crippen LogP contribution >= 0.6 is 0 Å². The molecule has 0 spiro atoms. The summed E-state index contributed by atoms with van der Waals surface area (Å²) in [5.41, 5.74) is 0.0930. The highest BCUT2D eigenvalue weighted by Crippen LogP contribution is 2.20. The van der Waals surface area contributed by atoms with Gasteiger partial charge in [-0.05, 0) is 90.7 Å². The van der Waals surface area contributed by atoms with Crippen molar-refractivity contribution < 1.29 is 43.3 Å². The second-order valence-corrected chi connectivity index (χ2v) is 16.0. The molecule has 13 nitrogen and oxygen atoms in total. The number of hydrogen-bond donors (Lipinski definition) is 5. The summed E-state index contributed by atoms with van der Waals surface area (Å²) in [7, 11) is 0. The SMILES string of the molecule is CC(C)C[C@@H](CC(=O)[C@@H](Cc1ccccc1)NC(=O)[C@@H](Cc1ccccc1)NC(=O)OC(C)(C)C)C(=O)N[C@H](CCCCNC(=O)OC(C)(C)C)C(=O)O. The highest BCUT2D eigenvalue weighted by molar-refractivity contribution is 5.95. The van der Waals surface area contributed by atoms with E-state index in [4.69, 9.17) is 9.47 Å². The number of carbonyl (C=O) groups is 6. The van der Waals surface area contributed by atoms with E-state index in [2.05, 4.69) is 21.3 Å². The second kappa shape index (κ2) is 21.7. The lowest BCUT2D eigenvalue weighted by atomic mass is 9.88. The van der Waals surface area contributed by atoms with Gasteiger partial charge in [-0.25, -0.2) is 14.4 Å². The molecule has 0 aliphatic carbocycles. The first-order valence-corrected chi connectivity index (χ1v) is 18.6. The molecule has 2 aromatic carbocycles. The summed E-state index contributed by atoms with van der Waals surface area (Å²) in [6.07, 6.45) is -0.0893. The molecule has 4 amide bonds. The zero-order chi connectivity index (χ0) is 40.5. The zero-order valence-electron chi connectivity index (χ0n) is 33.0. The van der Waals surface area contributed by atoms with E-state index in [9.17, 15) is 33.9 Å². The number of hydrogen-bond acceptors (Lipinski definition) is 8. The summed E-state index contributed by atoms with van der Waals surface area (Å²) in [5, 5.41) is 20.7. The van der Waals surface area contributed by atoms with Crippen molar-refractivity contribution in [2.24, 2.45) is 11.8 Å². The first-order chi connectivity index (χ1) is 25.2. The van der Waals surface area contributed by atoms with Gasteiger partial charge in [0.25, 0.3) is 0 Å². The van der Waals surface area contributed by atoms with E-state index in [0.29, 0.717) is 19.3 Å². The number of carboxylic acids is 1. The zero-order valence-corrected chi connectivity index (χ0v) is 33.0. The van der Waals surface area contributed by atoms with Crippen molar-refractivity contribution >= 4 is 35.8 Å². The third-order valence-corrected chi connectivity index (χ3v) is 8.05. The number of Topliss-reactive ketones (excluding diaryl/α,β-unsaturated/α-hetero) is 1. The van der Waals surface area contributed by atoms with Gasteiger partial charge in [0.1, 0.15) is 23.3 Å². The Hall–Kier alpha value is -4.94. The van der Waals surface area contributed by atoms with Crippen LogP contribution in [0.1, 0.15) is 98.6 Å². The molecule has 4 atom stereocenters. The molecule has 0 unspecified atom stereocenters. The largest absolute Gasteiger partial charge is 0.480 e. The third kappa shape index (κ3) is 18.7. The van der Waals surface area contributed by atoms with Crippen LogP contribution in [0.2, 0.25) is 0 Å². The molecule has 0 radical (unpaired) electrons. The van der Waals surface area contributed by atoms with Gasteiger partial charge in [-0.15, -0.1) is 0 Å². The van der Waals surface area contributed by atoms with Crippen LogP contribution in [0.25, 0.3) is 0 Å². The lowest BCUT2D eigenvalue weighted by molar-refractivity contribution is -0.143. The van der Waals surface area contributed by atoms with Gasteiger partial charge >= 0.3 is 18.2 Å². The van der Waals surface area contributed by atoms with E-state index >= 15 is 0 Å². The molecule has 2 rings (SSSR count). The number of unbranched alkanes of at least 4 members (excludes halogenated alkanes) is 1. The van der Waals surface area contributed by atoms with E-state index in [1.165, 1.54) is 0 Å². The molecule has 298 valence electrons. The minimum absolute atomic E-state index is 0.00815. The minimum Gasteiger partial charge on any atom is -0.480 e. The van der Waals surface area contributed by atoms with Crippen molar-refractivity contribution in [3.63, 3.8) is 0 Å².